The first-order valence-electron chi connectivity index (χ1n) is 6.41. The minimum absolute atomic E-state index is 0.127. The smallest absolute Gasteiger partial charge is 0.0746 e. The van der Waals surface area contributed by atoms with Crippen molar-refractivity contribution >= 4 is 5.69 Å². The summed E-state index contributed by atoms with van der Waals surface area (Å²) in [5.74, 6) is 0. The summed E-state index contributed by atoms with van der Waals surface area (Å²) >= 11 is 0. The van der Waals surface area contributed by atoms with Gasteiger partial charge in [0.05, 0.1) is 5.60 Å². The van der Waals surface area contributed by atoms with Crippen molar-refractivity contribution in [2.75, 3.05) is 32.6 Å². The van der Waals surface area contributed by atoms with Crippen LogP contribution in [0.4, 0.5) is 5.69 Å². The van der Waals surface area contributed by atoms with Gasteiger partial charge in [-0.1, -0.05) is 12.1 Å². The monoisotopic (exact) mass is 250 g/mol. The van der Waals surface area contributed by atoms with Gasteiger partial charge in [-0.15, -0.1) is 0 Å². The van der Waals surface area contributed by atoms with Gasteiger partial charge < -0.3 is 15.0 Å². The van der Waals surface area contributed by atoms with Crippen LogP contribution in [-0.4, -0.2) is 33.4 Å². The van der Waals surface area contributed by atoms with Crippen molar-refractivity contribution in [2.24, 2.45) is 0 Å². The molecule has 1 N–H and O–H groups in total. The zero-order valence-corrected chi connectivity index (χ0v) is 12.4. The van der Waals surface area contributed by atoms with Crippen LogP contribution >= 0.6 is 0 Å². The van der Waals surface area contributed by atoms with Gasteiger partial charge in [0.1, 0.15) is 0 Å². The second kappa shape index (κ2) is 6.21. The van der Waals surface area contributed by atoms with Crippen LogP contribution in [-0.2, 0) is 4.74 Å². The van der Waals surface area contributed by atoms with Gasteiger partial charge in [-0.2, -0.15) is 0 Å². The van der Waals surface area contributed by atoms with E-state index in [2.05, 4.69) is 69.3 Å². The maximum atomic E-state index is 5.41. The molecule has 0 heterocycles. The predicted octanol–water partition coefficient (Wildman–Crippen LogP) is 2.83. The summed E-state index contributed by atoms with van der Waals surface area (Å²) in [5.41, 5.74) is 2.40. The Morgan fingerprint density at radius 1 is 1.22 bits per heavy atom. The van der Waals surface area contributed by atoms with E-state index in [9.17, 15) is 0 Å². The first-order valence-corrected chi connectivity index (χ1v) is 6.41. The quantitative estimate of drug-likeness (QED) is 0.840. The summed E-state index contributed by atoms with van der Waals surface area (Å²) in [7, 11) is 5.85. The third kappa shape index (κ3) is 4.31. The molecule has 1 unspecified atom stereocenters. The molecule has 1 aromatic carbocycles. The second-order valence-electron chi connectivity index (χ2n) is 5.55. The van der Waals surface area contributed by atoms with E-state index in [4.69, 9.17) is 4.74 Å². The van der Waals surface area contributed by atoms with Crippen molar-refractivity contribution in [3.63, 3.8) is 0 Å². The van der Waals surface area contributed by atoms with E-state index in [-0.39, 0.29) is 5.60 Å². The molecule has 102 valence electrons. The number of benzene rings is 1. The molecule has 3 heteroatoms. The summed E-state index contributed by atoms with van der Waals surface area (Å²) in [6.45, 7) is 7.18. The van der Waals surface area contributed by atoms with Crippen molar-refractivity contribution < 1.29 is 4.74 Å². The molecule has 0 radical (unpaired) electrons. The summed E-state index contributed by atoms with van der Waals surface area (Å²) in [6.07, 6.45) is 0. The Labute approximate surface area is 111 Å². The zero-order chi connectivity index (χ0) is 13.8. The van der Waals surface area contributed by atoms with Crippen molar-refractivity contribution in [3.8, 4) is 0 Å². The number of hydrogen-bond donors (Lipinski definition) is 1. The molecule has 0 aliphatic carbocycles. The number of hydrogen-bond acceptors (Lipinski definition) is 3. The largest absolute Gasteiger partial charge is 0.378 e. The Bertz CT molecular complexity index is 357. The molecule has 0 bridgehead atoms. The average Bonchev–Trinajstić information content (AvgIpc) is 2.36. The van der Waals surface area contributed by atoms with Gasteiger partial charge in [-0.3, -0.25) is 0 Å². The van der Waals surface area contributed by atoms with Crippen molar-refractivity contribution in [1.82, 2.24) is 5.32 Å². The average molecular weight is 250 g/mol. The molecule has 1 atom stereocenters. The molecule has 0 saturated heterocycles. The van der Waals surface area contributed by atoms with E-state index in [0.29, 0.717) is 6.04 Å². The Kier molecular flexibility index (Phi) is 5.17. The highest BCUT2D eigenvalue weighted by molar-refractivity contribution is 5.46. The van der Waals surface area contributed by atoms with Gasteiger partial charge >= 0.3 is 0 Å². The summed E-state index contributed by atoms with van der Waals surface area (Å²) in [6, 6.07) is 8.97. The molecule has 0 fully saturated rings. The summed E-state index contributed by atoms with van der Waals surface area (Å²) < 4.78 is 5.41. The lowest BCUT2D eigenvalue weighted by molar-refractivity contribution is 0.0214. The maximum absolute atomic E-state index is 5.41. The normalized spacial score (nSPS) is 13.4. The zero-order valence-electron chi connectivity index (χ0n) is 12.4. The third-order valence-corrected chi connectivity index (χ3v) is 3.30. The molecule has 0 saturated carbocycles. The van der Waals surface area contributed by atoms with Crippen LogP contribution < -0.4 is 10.2 Å². The van der Waals surface area contributed by atoms with Crippen LogP contribution in [0.3, 0.4) is 0 Å². The first kappa shape index (κ1) is 15.0. The lowest BCUT2D eigenvalue weighted by Gasteiger charge is -2.26. The fourth-order valence-electron chi connectivity index (χ4n) is 1.65. The van der Waals surface area contributed by atoms with Gasteiger partial charge in [-0.25, -0.2) is 0 Å². The predicted molar refractivity (Wildman–Crippen MR) is 78.3 cm³/mol. The number of rotatable bonds is 6. The second-order valence-corrected chi connectivity index (χ2v) is 5.55. The van der Waals surface area contributed by atoms with E-state index >= 15 is 0 Å². The van der Waals surface area contributed by atoms with Crippen LogP contribution in [0.15, 0.2) is 24.3 Å². The van der Waals surface area contributed by atoms with Crippen LogP contribution in [0.1, 0.15) is 32.4 Å². The highest BCUT2D eigenvalue weighted by Crippen LogP contribution is 2.18. The van der Waals surface area contributed by atoms with E-state index in [0.717, 1.165) is 6.54 Å². The van der Waals surface area contributed by atoms with Crippen molar-refractivity contribution in [2.45, 2.75) is 32.4 Å². The van der Waals surface area contributed by atoms with Gasteiger partial charge in [0.25, 0.3) is 0 Å². The lowest BCUT2D eigenvalue weighted by Crippen LogP contribution is -2.37. The highest BCUT2D eigenvalue weighted by atomic mass is 16.5. The topological polar surface area (TPSA) is 24.5 Å². The molecule has 1 aromatic rings. The molecule has 3 nitrogen and oxygen atoms in total. The van der Waals surface area contributed by atoms with E-state index in [1.165, 1.54) is 11.3 Å². The number of nitrogens with one attached hydrogen (secondary N) is 1. The number of methoxy groups -OCH3 is 1. The Morgan fingerprint density at radius 2 is 1.78 bits per heavy atom. The number of ether oxygens (including phenoxy) is 1. The van der Waals surface area contributed by atoms with E-state index in [1.807, 2.05) is 0 Å². The fourth-order valence-corrected chi connectivity index (χ4v) is 1.65. The number of anilines is 1. The Hall–Kier alpha value is -1.06. The highest BCUT2D eigenvalue weighted by Gasteiger charge is 2.17. The summed E-state index contributed by atoms with van der Waals surface area (Å²) in [4.78, 5) is 2.11. The van der Waals surface area contributed by atoms with Gasteiger partial charge in [0, 0.05) is 39.5 Å². The molecule has 18 heavy (non-hydrogen) atoms. The van der Waals surface area contributed by atoms with E-state index < -0.39 is 0 Å². The Morgan fingerprint density at radius 3 is 2.22 bits per heavy atom. The molecule has 1 rings (SSSR count). The molecule has 0 aliphatic rings. The van der Waals surface area contributed by atoms with Gasteiger partial charge in [0.15, 0.2) is 0 Å². The van der Waals surface area contributed by atoms with Crippen molar-refractivity contribution in [1.29, 1.82) is 0 Å². The van der Waals surface area contributed by atoms with Gasteiger partial charge in [0.2, 0.25) is 0 Å². The molecular formula is C15H26N2O. The Balaban J connectivity index is 2.59. The SMILES string of the molecule is COC(C)(C)CNC(C)c1ccc(N(C)C)cc1. The van der Waals surface area contributed by atoms with Crippen LogP contribution in [0.25, 0.3) is 0 Å². The fraction of sp³-hybridized carbons (Fsp3) is 0.600. The first-order chi connectivity index (χ1) is 8.35. The van der Waals surface area contributed by atoms with Crippen LogP contribution in [0.5, 0.6) is 0 Å². The van der Waals surface area contributed by atoms with Crippen LogP contribution in [0, 0.1) is 0 Å². The molecule has 0 amide bonds. The maximum Gasteiger partial charge on any atom is 0.0746 e. The summed E-state index contributed by atoms with van der Waals surface area (Å²) in [5, 5.41) is 3.50. The molecule has 0 aromatic heterocycles. The van der Waals surface area contributed by atoms with Gasteiger partial charge in [-0.05, 0) is 38.5 Å². The third-order valence-electron chi connectivity index (χ3n) is 3.30. The number of nitrogens with zero attached hydrogens (tertiary/aromatic N) is 1. The van der Waals surface area contributed by atoms with E-state index in [1.54, 1.807) is 7.11 Å². The molecule has 0 spiro atoms. The minimum Gasteiger partial charge on any atom is -0.378 e. The van der Waals surface area contributed by atoms with Crippen molar-refractivity contribution in [3.05, 3.63) is 29.8 Å². The minimum atomic E-state index is -0.127. The standard InChI is InChI=1S/C15H26N2O/c1-12(16-11-15(2,3)18-6)13-7-9-14(10-8-13)17(4)5/h7-10,12,16H,11H2,1-6H3. The molecule has 0 aliphatic heterocycles. The van der Waals surface area contributed by atoms with Crippen LogP contribution in [0.2, 0.25) is 0 Å². The molecular weight excluding hydrogens is 224 g/mol. The lowest BCUT2D eigenvalue weighted by atomic mass is 10.1.